The fourth-order valence-electron chi connectivity index (χ4n) is 3.32. The predicted octanol–water partition coefficient (Wildman–Crippen LogP) is 4.26. The molecule has 0 spiro atoms. The van der Waals surface area contributed by atoms with Gasteiger partial charge in [-0.15, -0.1) is 0 Å². The van der Waals surface area contributed by atoms with Gasteiger partial charge in [-0.2, -0.15) is 5.10 Å². The van der Waals surface area contributed by atoms with Gasteiger partial charge in [0.25, 0.3) is 5.56 Å². The molecule has 10 heteroatoms. The molecule has 0 fully saturated rings. The van der Waals surface area contributed by atoms with Gasteiger partial charge in [0, 0.05) is 7.05 Å². The van der Waals surface area contributed by atoms with Crippen LogP contribution in [-0.2, 0) is 11.8 Å². The van der Waals surface area contributed by atoms with Crippen LogP contribution in [0.3, 0.4) is 0 Å². The lowest BCUT2D eigenvalue weighted by Gasteiger charge is -2.14. The van der Waals surface area contributed by atoms with Gasteiger partial charge < -0.3 is 5.32 Å². The first-order chi connectivity index (χ1) is 15.3. The summed E-state index contributed by atoms with van der Waals surface area (Å²) in [5.74, 6) is -0.846. The van der Waals surface area contributed by atoms with Crippen molar-refractivity contribution in [2.24, 2.45) is 7.05 Å². The van der Waals surface area contributed by atoms with Crippen LogP contribution in [0.1, 0.15) is 11.4 Å². The number of carbonyl (C=O) groups excluding carboxylic acids is 1. The fourth-order valence-corrected chi connectivity index (χ4v) is 4.31. The van der Waals surface area contributed by atoms with Crippen molar-refractivity contribution in [1.29, 1.82) is 0 Å². The van der Waals surface area contributed by atoms with E-state index in [9.17, 15) is 14.0 Å². The molecule has 0 aliphatic heterocycles. The number of nitrogens with zero attached hydrogens (tertiary/aromatic N) is 4. The Bertz CT molecular complexity index is 1420. The van der Waals surface area contributed by atoms with Crippen LogP contribution in [0.4, 0.5) is 10.1 Å². The van der Waals surface area contributed by atoms with Gasteiger partial charge in [-0.05, 0) is 44.2 Å². The summed E-state index contributed by atoms with van der Waals surface area (Å²) in [6.45, 7) is 3.68. The van der Waals surface area contributed by atoms with Crippen molar-refractivity contribution in [2.75, 3.05) is 11.1 Å². The van der Waals surface area contributed by atoms with Crippen molar-refractivity contribution in [2.45, 2.75) is 19.0 Å². The summed E-state index contributed by atoms with van der Waals surface area (Å²) in [4.78, 5) is 30.5. The molecule has 7 nitrogen and oxygen atoms in total. The molecule has 4 aromatic rings. The quantitative estimate of drug-likeness (QED) is 0.347. The minimum absolute atomic E-state index is 0.00742. The Labute approximate surface area is 192 Å². The van der Waals surface area contributed by atoms with Gasteiger partial charge in [0.05, 0.1) is 44.4 Å². The summed E-state index contributed by atoms with van der Waals surface area (Å²) in [5.41, 5.74) is 2.74. The van der Waals surface area contributed by atoms with Crippen LogP contribution < -0.4 is 10.9 Å². The van der Waals surface area contributed by atoms with E-state index in [1.807, 2.05) is 13.8 Å². The summed E-state index contributed by atoms with van der Waals surface area (Å²) >= 11 is 7.05. The van der Waals surface area contributed by atoms with E-state index in [-0.39, 0.29) is 22.2 Å². The number of para-hydroxylation sites is 1. The zero-order valence-electron chi connectivity index (χ0n) is 17.5. The van der Waals surface area contributed by atoms with Gasteiger partial charge in [-0.1, -0.05) is 35.5 Å². The number of amides is 1. The smallest absolute Gasteiger partial charge is 0.266 e. The second-order valence-electron chi connectivity index (χ2n) is 7.16. The highest BCUT2D eigenvalue weighted by molar-refractivity contribution is 7.99. The molecule has 1 amide bonds. The molecule has 32 heavy (non-hydrogen) atoms. The number of aromatic nitrogens is 4. The maximum Gasteiger partial charge on any atom is 0.266 e. The Kier molecular flexibility index (Phi) is 6.03. The van der Waals surface area contributed by atoms with E-state index in [1.54, 1.807) is 36.0 Å². The summed E-state index contributed by atoms with van der Waals surface area (Å²) in [6.07, 6.45) is 0. The van der Waals surface area contributed by atoms with E-state index in [4.69, 9.17) is 11.6 Å². The Balaban J connectivity index is 1.70. The third-order valence-corrected chi connectivity index (χ3v) is 6.24. The number of rotatable bonds is 5. The van der Waals surface area contributed by atoms with Crippen LogP contribution in [0.15, 0.2) is 52.4 Å². The predicted molar refractivity (Wildman–Crippen MR) is 124 cm³/mol. The second kappa shape index (κ2) is 8.76. The van der Waals surface area contributed by atoms with Gasteiger partial charge in [-0.3, -0.25) is 18.8 Å². The number of thioether (sulfide) groups is 1. The zero-order valence-corrected chi connectivity index (χ0v) is 19.1. The normalized spacial score (nSPS) is 11.2. The minimum atomic E-state index is -0.590. The van der Waals surface area contributed by atoms with Crippen molar-refractivity contribution in [3.63, 3.8) is 0 Å². The van der Waals surface area contributed by atoms with Gasteiger partial charge >= 0.3 is 0 Å². The highest BCUT2D eigenvalue weighted by Gasteiger charge is 2.17. The summed E-state index contributed by atoms with van der Waals surface area (Å²) in [7, 11) is 1.80. The Morgan fingerprint density at radius 2 is 1.97 bits per heavy atom. The molecule has 0 atom stereocenters. The standard InChI is InChI=1S/C22H19ClFN5O2S/c1-12-20(13(2)28(3)27-12)26-19(30)11-32-22-25-18-7-5-4-6-15(18)21(31)29(22)14-8-9-17(24)16(23)10-14/h4-10H,11H2,1-3H3,(H,26,30). The average Bonchev–Trinajstić information content (AvgIpc) is 3.00. The number of hydrogen-bond acceptors (Lipinski definition) is 5. The van der Waals surface area contributed by atoms with Gasteiger partial charge in [-0.25, -0.2) is 9.37 Å². The summed E-state index contributed by atoms with van der Waals surface area (Å²) in [5, 5.41) is 7.75. The number of benzene rings is 2. The molecule has 2 aromatic heterocycles. The molecule has 0 bridgehead atoms. The molecule has 0 unspecified atom stereocenters. The van der Waals surface area contributed by atoms with E-state index in [1.165, 1.54) is 22.8 Å². The molecule has 0 aliphatic rings. The molecule has 0 saturated heterocycles. The molecule has 2 aromatic carbocycles. The first-order valence-electron chi connectivity index (χ1n) is 9.66. The first-order valence-corrected chi connectivity index (χ1v) is 11.0. The minimum Gasteiger partial charge on any atom is -0.322 e. The van der Waals surface area contributed by atoms with Crippen molar-refractivity contribution in [3.05, 3.63) is 75.0 Å². The SMILES string of the molecule is Cc1nn(C)c(C)c1NC(=O)CSc1nc2ccccc2c(=O)n1-c1ccc(F)c(Cl)c1. The number of anilines is 1. The first kappa shape index (κ1) is 22.0. The number of halogens is 2. The lowest BCUT2D eigenvalue weighted by molar-refractivity contribution is -0.113. The molecular formula is C22H19ClFN5O2S. The fraction of sp³-hybridized carbons (Fsp3) is 0.182. The van der Waals surface area contributed by atoms with Crippen LogP contribution >= 0.6 is 23.4 Å². The molecule has 4 rings (SSSR count). The van der Waals surface area contributed by atoms with Crippen LogP contribution in [-0.4, -0.2) is 31.0 Å². The van der Waals surface area contributed by atoms with Crippen LogP contribution in [0.5, 0.6) is 0 Å². The van der Waals surface area contributed by atoms with Gasteiger partial charge in [0.1, 0.15) is 5.82 Å². The molecule has 1 N–H and O–H groups in total. The number of carbonyl (C=O) groups is 1. The van der Waals surface area contributed by atoms with Crippen molar-refractivity contribution >= 4 is 45.9 Å². The van der Waals surface area contributed by atoms with Crippen molar-refractivity contribution in [1.82, 2.24) is 19.3 Å². The molecule has 0 aliphatic carbocycles. The van der Waals surface area contributed by atoms with E-state index in [0.717, 1.165) is 17.5 Å². The number of nitrogens with one attached hydrogen (secondary N) is 1. The van der Waals surface area contributed by atoms with Crippen LogP contribution in [0, 0.1) is 19.7 Å². The molecule has 0 radical (unpaired) electrons. The number of hydrogen-bond donors (Lipinski definition) is 1. The van der Waals surface area contributed by atoms with Crippen molar-refractivity contribution in [3.8, 4) is 5.69 Å². The van der Waals surface area contributed by atoms with E-state index in [0.29, 0.717) is 33.1 Å². The van der Waals surface area contributed by atoms with Crippen LogP contribution in [0.25, 0.3) is 16.6 Å². The number of aryl methyl sites for hydroxylation is 2. The maximum absolute atomic E-state index is 13.7. The van der Waals surface area contributed by atoms with Crippen molar-refractivity contribution < 1.29 is 9.18 Å². The second-order valence-corrected chi connectivity index (χ2v) is 8.51. The lowest BCUT2D eigenvalue weighted by atomic mass is 10.2. The van der Waals surface area contributed by atoms with Crippen LogP contribution in [0.2, 0.25) is 5.02 Å². The third kappa shape index (κ3) is 4.13. The Hall–Kier alpha value is -3.17. The number of fused-ring (bicyclic) bond motifs is 1. The molecule has 164 valence electrons. The van der Waals surface area contributed by atoms with Gasteiger partial charge in [0.2, 0.25) is 5.91 Å². The third-order valence-electron chi connectivity index (χ3n) is 5.01. The van der Waals surface area contributed by atoms with E-state index < -0.39 is 5.82 Å². The molecular weight excluding hydrogens is 453 g/mol. The largest absolute Gasteiger partial charge is 0.322 e. The highest BCUT2D eigenvalue weighted by Crippen LogP contribution is 2.25. The van der Waals surface area contributed by atoms with E-state index in [2.05, 4.69) is 15.4 Å². The van der Waals surface area contributed by atoms with Gasteiger partial charge in [0.15, 0.2) is 5.16 Å². The molecule has 2 heterocycles. The monoisotopic (exact) mass is 471 g/mol. The summed E-state index contributed by atoms with van der Waals surface area (Å²) < 4.78 is 16.7. The Morgan fingerprint density at radius 3 is 2.66 bits per heavy atom. The topological polar surface area (TPSA) is 81.8 Å². The molecule has 0 saturated carbocycles. The lowest BCUT2D eigenvalue weighted by Crippen LogP contribution is -2.23. The summed E-state index contributed by atoms with van der Waals surface area (Å²) in [6, 6.07) is 10.9. The van der Waals surface area contributed by atoms with E-state index >= 15 is 0 Å². The Morgan fingerprint density at radius 1 is 1.22 bits per heavy atom. The highest BCUT2D eigenvalue weighted by atomic mass is 35.5. The maximum atomic E-state index is 13.7. The zero-order chi connectivity index (χ0) is 23.0. The average molecular weight is 472 g/mol.